The predicted molar refractivity (Wildman–Crippen MR) is 89.3 cm³/mol. The Morgan fingerprint density at radius 3 is 2.27 bits per heavy atom. The van der Waals surface area contributed by atoms with Crippen LogP contribution in [0, 0.1) is 0 Å². The van der Waals surface area contributed by atoms with Crippen molar-refractivity contribution in [3.05, 3.63) is 39.7 Å². The van der Waals surface area contributed by atoms with E-state index in [0.717, 1.165) is 11.3 Å². The number of carbonyl (C=O) groups is 1. The molecule has 6 nitrogen and oxygen atoms in total. The third-order valence-electron chi connectivity index (χ3n) is 2.49. The minimum absolute atomic E-state index is 0.0167. The number of sulfonamides is 1. The number of anilines is 2. The van der Waals surface area contributed by atoms with Crippen LogP contribution in [0.5, 0.6) is 0 Å². The Bertz CT molecular complexity index is 769. The van der Waals surface area contributed by atoms with Crippen LogP contribution in [0.1, 0.15) is 0 Å². The summed E-state index contributed by atoms with van der Waals surface area (Å²) in [7, 11) is -3.76. The van der Waals surface area contributed by atoms with Gasteiger partial charge in [0.2, 0.25) is 5.91 Å². The first kappa shape index (κ1) is 17.0. The van der Waals surface area contributed by atoms with Crippen LogP contribution in [-0.4, -0.2) is 20.9 Å². The number of thiophene rings is 1. The highest BCUT2D eigenvalue weighted by Crippen LogP contribution is 2.35. The van der Waals surface area contributed by atoms with E-state index in [0.29, 0.717) is 11.4 Å². The van der Waals surface area contributed by atoms with E-state index in [4.69, 9.17) is 28.9 Å². The van der Waals surface area contributed by atoms with Crippen molar-refractivity contribution < 1.29 is 13.2 Å². The maximum atomic E-state index is 12.2. The van der Waals surface area contributed by atoms with Crippen LogP contribution in [0.3, 0.4) is 0 Å². The second kappa shape index (κ2) is 6.84. The highest BCUT2D eigenvalue weighted by atomic mass is 35.5. The number of benzene rings is 1. The van der Waals surface area contributed by atoms with Gasteiger partial charge in [-0.15, -0.1) is 11.3 Å². The molecule has 0 fully saturated rings. The summed E-state index contributed by atoms with van der Waals surface area (Å²) in [6.07, 6.45) is 0. The highest BCUT2D eigenvalue weighted by Gasteiger charge is 2.19. The van der Waals surface area contributed by atoms with Crippen molar-refractivity contribution in [2.75, 3.05) is 16.6 Å². The molecule has 1 aromatic carbocycles. The first-order valence-corrected chi connectivity index (χ1v) is 8.95. The van der Waals surface area contributed by atoms with Gasteiger partial charge in [-0.25, -0.2) is 8.42 Å². The molecule has 0 unspecified atom stereocenters. The standard InChI is InChI=1S/C12H11Cl2N3O3S2/c13-9-5-11(21-12(9)14)22(19,20)17-8-3-1-7(2-4-8)16-10(18)6-15/h1-5,17H,6,15H2,(H,16,18). The Morgan fingerprint density at radius 1 is 1.18 bits per heavy atom. The van der Waals surface area contributed by atoms with E-state index in [9.17, 15) is 13.2 Å². The van der Waals surface area contributed by atoms with Crippen molar-refractivity contribution >= 4 is 61.8 Å². The lowest BCUT2D eigenvalue weighted by Crippen LogP contribution is -2.21. The third-order valence-corrected chi connectivity index (χ3v) is 6.21. The lowest BCUT2D eigenvalue weighted by molar-refractivity contribution is -0.114. The topological polar surface area (TPSA) is 101 Å². The van der Waals surface area contributed by atoms with Gasteiger partial charge >= 0.3 is 0 Å². The molecule has 2 aromatic rings. The molecule has 4 N–H and O–H groups in total. The van der Waals surface area contributed by atoms with Crippen LogP contribution in [0.15, 0.2) is 34.5 Å². The average Bonchev–Trinajstić information content (AvgIpc) is 2.81. The zero-order valence-corrected chi connectivity index (χ0v) is 14.1. The van der Waals surface area contributed by atoms with Crippen LogP contribution >= 0.6 is 34.5 Å². The Balaban J connectivity index is 2.14. The van der Waals surface area contributed by atoms with E-state index in [1.165, 1.54) is 18.2 Å². The maximum absolute atomic E-state index is 12.2. The van der Waals surface area contributed by atoms with Gasteiger partial charge in [-0.3, -0.25) is 9.52 Å². The molecule has 0 saturated carbocycles. The number of nitrogens with two attached hydrogens (primary N) is 1. The number of hydrogen-bond acceptors (Lipinski definition) is 5. The summed E-state index contributed by atoms with van der Waals surface area (Å²) >= 11 is 12.4. The summed E-state index contributed by atoms with van der Waals surface area (Å²) in [4.78, 5) is 11.1. The third kappa shape index (κ3) is 4.11. The fraction of sp³-hybridized carbons (Fsp3) is 0.0833. The zero-order valence-electron chi connectivity index (χ0n) is 11.0. The molecule has 0 radical (unpaired) electrons. The molecule has 0 aliphatic carbocycles. The van der Waals surface area contributed by atoms with Gasteiger partial charge in [0.15, 0.2) is 0 Å². The predicted octanol–water partition coefficient (Wildman–Crippen LogP) is 2.75. The number of nitrogens with one attached hydrogen (secondary N) is 2. The molecule has 0 bridgehead atoms. The maximum Gasteiger partial charge on any atom is 0.271 e. The van der Waals surface area contributed by atoms with Gasteiger partial charge < -0.3 is 11.1 Å². The van der Waals surface area contributed by atoms with Gasteiger partial charge in [0.05, 0.1) is 11.6 Å². The van der Waals surface area contributed by atoms with Crippen molar-refractivity contribution in [2.24, 2.45) is 5.73 Å². The molecule has 0 spiro atoms. The van der Waals surface area contributed by atoms with Gasteiger partial charge in [0.1, 0.15) is 8.55 Å². The Hall–Kier alpha value is -1.32. The second-order valence-electron chi connectivity index (χ2n) is 4.12. The van der Waals surface area contributed by atoms with Crippen LogP contribution in [-0.2, 0) is 14.8 Å². The first-order chi connectivity index (χ1) is 10.3. The molecule has 22 heavy (non-hydrogen) atoms. The van der Waals surface area contributed by atoms with E-state index in [2.05, 4.69) is 10.0 Å². The Labute approximate surface area is 141 Å². The van der Waals surface area contributed by atoms with Crippen molar-refractivity contribution in [2.45, 2.75) is 4.21 Å². The lowest BCUT2D eigenvalue weighted by Gasteiger charge is -2.08. The van der Waals surface area contributed by atoms with Gasteiger partial charge in [-0.2, -0.15) is 0 Å². The van der Waals surface area contributed by atoms with Gasteiger partial charge in [0.25, 0.3) is 10.0 Å². The van der Waals surface area contributed by atoms with E-state index in [1.54, 1.807) is 12.1 Å². The SMILES string of the molecule is NCC(=O)Nc1ccc(NS(=O)(=O)c2cc(Cl)c(Cl)s2)cc1. The van der Waals surface area contributed by atoms with Crippen LogP contribution in [0.4, 0.5) is 11.4 Å². The Morgan fingerprint density at radius 2 is 1.77 bits per heavy atom. The smallest absolute Gasteiger partial charge is 0.271 e. The van der Waals surface area contributed by atoms with Crippen LogP contribution < -0.4 is 15.8 Å². The van der Waals surface area contributed by atoms with Gasteiger partial charge in [-0.1, -0.05) is 23.2 Å². The molecule has 0 atom stereocenters. The van der Waals surface area contributed by atoms with Crippen LogP contribution in [0.2, 0.25) is 9.36 Å². The lowest BCUT2D eigenvalue weighted by atomic mass is 10.3. The summed E-state index contributed by atoms with van der Waals surface area (Å²) in [6.45, 7) is -0.131. The van der Waals surface area contributed by atoms with E-state index < -0.39 is 10.0 Å². The van der Waals surface area contributed by atoms with Crippen molar-refractivity contribution in [1.82, 2.24) is 0 Å². The summed E-state index contributed by atoms with van der Waals surface area (Å²) < 4.78 is 27.0. The monoisotopic (exact) mass is 379 g/mol. The zero-order chi connectivity index (χ0) is 16.3. The van der Waals surface area contributed by atoms with Gasteiger partial charge in [-0.05, 0) is 30.3 Å². The number of halogens is 2. The average molecular weight is 380 g/mol. The van der Waals surface area contributed by atoms with E-state index in [-0.39, 0.29) is 26.0 Å². The Kier molecular flexibility index (Phi) is 5.30. The molecule has 1 amide bonds. The number of rotatable bonds is 5. The summed E-state index contributed by atoms with van der Waals surface area (Å²) in [5.41, 5.74) is 6.04. The normalized spacial score (nSPS) is 11.2. The minimum Gasteiger partial charge on any atom is -0.325 e. The molecular weight excluding hydrogens is 369 g/mol. The number of carbonyl (C=O) groups excluding carboxylic acids is 1. The van der Waals surface area contributed by atoms with E-state index in [1.807, 2.05) is 0 Å². The molecule has 1 aromatic heterocycles. The fourth-order valence-corrected chi connectivity index (χ4v) is 4.44. The van der Waals surface area contributed by atoms with Crippen molar-refractivity contribution in [3.8, 4) is 0 Å². The van der Waals surface area contributed by atoms with Crippen molar-refractivity contribution in [1.29, 1.82) is 0 Å². The minimum atomic E-state index is -3.76. The summed E-state index contributed by atoms with van der Waals surface area (Å²) in [5.74, 6) is -0.337. The second-order valence-corrected chi connectivity index (χ2v) is 8.09. The molecule has 118 valence electrons. The molecule has 0 aliphatic rings. The van der Waals surface area contributed by atoms with Crippen molar-refractivity contribution in [3.63, 3.8) is 0 Å². The van der Waals surface area contributed by atoms with Crippen LogP contribution in [0.25, 0.3) is 0 Å². The molecule has 0 saturated heterocycles. The van der Waals surface area contributed by atoms with Gasteiger partial charge in [0, 0.05) is 11.4 Å². The number of amides is 1. The molecule has 1 heterocycles. The fourth-order valence-electron chi connectivity index (χ4n) is 1.50. The highest BCUT2D eigenvalue weighted by molar-refractivity contribution is 7.94. The molecule has 0 aliphatic heterocycles. The summed E-state index contributed by atoms with van der Waals surface area (Å²) in [5, 5.41) is 2.74. The van der Waals surface area contributed by atoms with E-state index >= 15 is 0 Å². The molecule has 10 heteroatoms. The first-order valence-electron chi connectivity index (χ1n) is 5.89. The number of hydrogen-bond donors (Lipinski definition) is 3. The molecule has 2 rings (SSSR count). The quantitative estimate of drug-likeness (QED) is 0.742. The molecular formula is C12H11Cl2N3O3S2. The summed E-state index contributed by atoms with van der Waals surface area (Å²) in [6, 6.07) is 7.42. The largest absolute Gasteiger partial charge is 0.325 e.